The minimum Gasteiger partial charge on any atom is -0.379 e. The van der Waals surface area contributed by atoms with E-state index in [2.05, 4.69) is 45.9 Å². The van der Waals surface area contributed by atoms with Crippen LogP contribution in [0.1, 0.15) is 43.2 Å². The summed E-state index contributed by atoms with van der Waals surface area (Å²) >= 11 is 0. The number of nitrogens with zero attached hydrogens (tertiary/aromatic N) is 2. The predicted octanol–water partition coefficient (Wildman–Crippen LogP) is 2.86. The van der Waals surface area contributed by atoms with Gasteiger partial charge in [0, 0.05) is 31.7 Å². The zero-order valence-electron chi connectivity index (χ0n) is 15.7. The molecule has 0 amide bonds. The normalized spacial score (nSPS) is 23.7. The van der Waals surface area contributed by atoms with Crippen molar-refractivity contribution in [1.29, 1.82) is 0 Å². The summed E-state index contributed by atoms with van der Waals surface area (Å²) in [6.45, 7) is 7.37. The maximum Gasteiger partial charge on any atom is 0.101 e. The average molecular weight is 354 g/mol. The topological polar surface area (TPSA) is 24.9 Å². The van der Waals surface area contributed by atoms with Crippen molar-refractivity contribution in [3.8, 4) is 11.8 Å². The number of hydrogen-bond acceptors (Lipinski definition) is 4. The third kappa shape index (κ3) is 4.66. The summed E-state index contributed by atoms with van der Waals surface area (Å²) in [6, 6.07) is 8.70. The molecule has 1 aromatic rings. The van der Waals surface area contributed by atoms with E-state index in [0.29, 0.717) is 0 Å². The van der Waals surface area contributed by atoms with Crippen LogP contribution in [-0.4, -0.2) is 61.5 Å². The molecule has 4 rings (SSSR count). The molecule has 1 saturated carbocycles. The van der Waals surface area contributed by atoms with Crippen LogP contribution in [0.15, 0.2) is 24.3 Å². The number of ether oxygens (including phenoxy) is 2. The Morgan fingerprint density at radius 2 is 1.73 bits per heavy atom. The van der Waals surface area contributed by atoms with E-state index in [-0.39, 0.29) is 5.60 Å². The predicted molar refractivity (Wildman–Crippen MR) is 103 cm³/mol. The third-order valence-corrected chi connectivity index (χ3v) is 5.83. The molecule has 0 N–H and O–H groups in total. The zero-order chi connectivity index (χ0) is 17.7. The SMILES string of the molecule is C(#Cc1ccc(CN2CCOCC2)cc1)CN1COC2(CCCCC2)C1. The average Bonchev–Trinajstić information content (AvgIpc) is 3.07. The molecule has 4 nitrogen and oxygen atoms in total. The third-order valence-electron chi connectivity index (χ3n) is 5.83. The first-order valence-electron chi connectivity index (χ1n) is 10.1. The molecule has 1 aromatic carbocycles. The molecule has 0 unspecified atom stereocenters. The Balaban J connectivity index is 1.26. The molecule has 2 aliphatic heterocycles. The monoisotopic (exact) mass is 354 g/mol. The van der Waals surface area contributed by atoms with Gasteiger partial charge in [-0.1, -0.05) is 43.2 Å². The van der Waals surface area contributed by atoms with Gasteiger partial charge in [0.15, 0.2) is 0 Å². The van der Waals surface area contributed by atoms with Gasteiger partial charge in [-0.05, 0) is 30.5 Å². The fraction of sp³-hybridized carbons (Fsp3) is 0.636. The van der Waals surface area contributed by atoms with Crippen molar-refractivity contribution in [2.24, 2.45) is 0 Å². The Kier molecular flexibility index (Phi) is 5.91. The molecule has 140 valence electrons. The highest BCUT2D eigenvalue weighted by Gasteiger charge is 2.39. The first kappa shape index (κ1) is 18.0. The van der Waals surface area contributed by atoms with Gasteiger partial charge in [-0.25, -0.2) is 0 Å². The maximum absolute atomic E-state index is 6.13. The largest absolute Gasteiger partial charge is 0.379 e. The molecule has 0 bridgehead atoms. The lowest BCUT2D eigenvalue weighted by molar-refractivity contribution is -0.0208. The van der Waals surface area contributed by atoms with E-state index in [1.165, 1.54) is 37.7 Å². The summed E-state index contributed by atoms with van der Waals surface area (Å²) in [5, 5.41) is 0. The van der Waals surface area contributed by atoms with Crippen LogP contribution >= 0.6 is 0 Å². The molecular formula is C22H30N2O2. The van der Waals surface area contributed by atoms with E-state index < -0.39 is 0 Å². The number of morpholine rings is 1. The van der Waals surface area contributed by atoms with Crippen LogP contribution in [0.2, 0.25) is 0 Å². The second-order valence-corrected chi connectivity index (χ2v) is 7.89. The molecule has 3 aliphatic rings. The van der Waals surface area contributed by atoms with E-state index in [9.17, 15) is 0 Å². The quantitative estimate of drug-likeness (QED) is 0.780. The number of rotatable bonds is 3. The van der Waals surface area contributed by atoms with Crippen LogP contribution < -0.4 is 0 Å². The minimum absolute atomic E-state index is 0.140. The molecule has 0 aromatic heterocycles. The summed E-state index contributed by atoms with van der Waals surface area (Å²) in [7, 11) is 0. The second-order valence-electron chi connectivity index (χ2n) is 7.89. The van der Waals surface area contributed by atoms with Crippen molar-refractivity contribution in [2.45, 2.75) is 44.2 Å². The summed E-state index contributed by atoms with van der Waals surface area (Å²) in [4.78, 5) is 4.80. The fourth-order valence-electron chi connectivity index (χ4n) is 4.29. The summed E-state index contributed by atoms with van der Waals surface area (Å²) < 4.78 is 11.5. The Hall–Kier alpha value is -1.38. The molecule has 2 saturated heterocycles. The summed E-state index contributed by atoms with van der Waals surface area (Å²) in [6.07, 6.45) is 6.45. The highest BCUT2D eigenvalue weighted by atomic mass is 16.5. The zero-order valence-corrected chi connectivity index (χ0v) is 15.7. The molecule has 2 heterocycles. The lowest BCUT2D eigenvalue weighted by Gasteiger charge is -2.31. The first-order chi connectivity index (χ1) is 12.8. The molecule has 0 radical (unpaired) electrons. The van der Waals surface area contributed by atoms with Crippen LogP contribution in [0.3, 0.4) is 0 Å². The molecule has 4 heteroatoms. The maximum atomic E-state index is 6.13. The van der Waals surface area contributed by atoms with Gasteiger partial charge in [0.1, 0.15) is 6.73 Å². The highest BCUT2D eigenvalue weighted by Crippen LogP contribution is 2.35. The van der Waals surface area contributed by atoms with Crippen LogP contribution in [0.4, 0.5) is 0 Å². The van der Waals surface area contributed by atoms with Gasteiger partial charge < -0.3 is 9.47 Å². The van der Waals surface area contributed by atoms with Gasteiger partial charge in [-0.2, -0.15) is 0 Å². The van der Waals surface area contributed by atoms with E-state index in [1.54, 1.807) is 0 Å². The minimum atomic E-state index is 0.140. The standard InChI is InChI=1S/C22H30N2O2/c1-2-10-22(11-3-1)18-24(19-26-22)12-4-5-20-6-8-21(9-7-20)17-23-13-15-25-16-14-23/h6-9H,1-3,10-19H2. The lowest BCUT2D eigenvalue weighted by Crippen LogP contribution is -2.36. The van der Waals surface area contributed by atoms with Crippen LogP contribution in [0, 0.1) is 11.8 Å². The van der Waals surface area contributed by atoms with Crippen LogP contribution in [-0.2, 0) is 16.0 Å². The van der Waals surface area contributed by atoms with E-state index in [0.717, 1.165) is 58.2 Å². The van der Waals surface area contributed by atoms with Gasteiger partial charge >= 0.3 is 0 Å². The molecule has 1 aliphatic carbocycles. The molecular weight excluding hydrogens is 324 g/mol. The van der Waals surface area contributed by atoms with Crippen molar-refractivity contribution < 1.29 is 9.47 Å². The lowest BCUT2D eigenvalue weighted by atomic mass is 9.85. The second kappa shape index (κ2) is 8.54. The molecule has 1 spiro atoms. The van der Waals surface area contributed by atoms with Gasteiger partial charge in [0.2, 0.25) is 0 Å². The van der Waals surface area contributed by atoms with Gasteiger partial charge in [-0.3, -0.25) is 9.80 Å². The van der Waals surface area contributed by atoms with Crippen molar-refractivity contribution in [1.82, 2.24) is 9.80 Å². The molecule has 0 atom stereocenters. The summed E-state index contributed by atoms with van der Waals surface area (Å²) in [5.41, 5.74) is 2.59. The van der Waals surface area contributed by atoms with Crippen LogP contribution in [0.25, 0.3) is 0 Å². The van der Waals surface area contributed by atoms with E-state index >= 15 is 0 Å². The van der Waals surface area contributed by atoms with Crippen molar-refractivity contribution >= 4 is 0 Å². The van der Waals surface area contributed by atoms with E-state index in [1.807, 2.05) is 0 Å². The van der Waals surface area contributed by atoms with Crippen molar-refractivity contribution in [3.63, 3.8) is 0 Å². The number of benzene rings is 1. The first-order valence-corrected chi connectivity index (χ1v) is 10.1. The Bertz CT molecular complexity index is 634. The Labute approximate surface area is 157 Å². The van der Waals surface area contributed by atoms with Gasteiger partial charge in [0.25, 0.3) is 0 Å². The Morgan fingerprint density at radius 1 is 0.962 bits per heavy atom. The Morgan fingerprint density at radius 3 is 2.50 bits per heavy atom. The number of hydrogen-bond donors (Lipinski definition) is 0. The summed E-state index contributed by atoms with van der Waals surface area (Å²) in [5.74, 6) is 6.65. The van der Waals surface area contributed by atoms with Gasteiger partial charge in [-0.15, -0.1) is 0 Å². The smallest absolute Gasteiger partial charge is 0.101 e. The van der Waals surface area contributed by atoms with E-state index in [4.69, 9.17) is 9.47 Å². The molecule has 3 fully saturated rings. The van der Waals surface area contributed by atoms with Crippen LogP contribution in [0.5, 0.6) is 0 Å². The molecule has 26 heavy (non-hydrogen) atoms. The highest BCUT2D eigenvalue weighted by molar-refractivity contribution is 5.36. The van der Waals surface area contributed by atoms with Gasteiger partial charge in [0.05, 0.1) is 25.4 Å². The fourth-order valence-corrected chi connectivity index (χ4v) is 4.29. The van der Waals surface area contributed by atoms with Crippen molar-refractivity contribution in [2.75, 3.05) is 46.1 Å². The van der Waals surface area contributed by atoms with Crippen molar-refractivity contribution in [3.05, 3.63) is 35.4 Å².